The maximum atomic E-state index is 13.7. The molecule has 1 heterocycles. The Morgan fingerprint density at radius 1 is 1.37 bits per heavy atom. The van der Waals surface area contributed by atoms with E-state index >= 15 is 0 Å². The van der Waals surface area contributed by atoms with E-state index in [4.69, 9.17) is 10.9 Å². The van der Waals surface area contributed by atoms with Crippen LogP contribution in [-0.4, -0.2) is 23.1 Å². The predicted octanol–water partition coefficient (Wildman–Crippen LogP) is 2.08. The van der Waals surface area contributed by atoms with Gasteiger partial charge in [0.1, 0.15) is 11.5 Å². The van der Waals surface area contributed by atoms with Crippen LogP contribution in [0.1, 0.15) is 5.69 Å². The van der Waals surface area contributed by atoms with Gasteiger partial charge in [0, 0.05) is 18.9 Å². The zero-order valence-electron chi connectivity index (χ0n) is 10.3. The third kappa shape index (κ3) is 2.62. The second-order valence-corrected chi connectivity index (χ2v) is 3.89. The van der Waals surface area contributed by atoms with Crippen LogP contribution in [0, 0.1) is 5.82 Å². The van der Waals surface area contributed by atoms with Crippen LogP contribution in [0.4, 0.5) is 15.8 Å². The van der Waals surface area contributed by atoms with E-state index in [1.807, 2.05) is 0 Å². The largest absolute Gasteiger partial charge is 0.409 e. The van der Waals surface area contributed by atoms with Gasteiger partial charge in [0.05, 0.1) is 5.69 Å². The minimum Gasteiger partial charge on any atom is -0.409 e. The lowest BCUT2D eigenvalue weighted by molar-refractivity contribution is 0.318. The highest BCUT2D eigenvalue weighted by Gasteiger charge is 2.10. The molecule has 0 radical (unpaired) electrons. The minimum atomic E-state index is -0.327. The summed E-state index contributed by atoms with van der Waals surface area (Å²) in [5.41, 5.74) is 6.91. The molecule has 0 bridgehead atoms. The topological polar surface area (TPSA) is 74.7 Å². The fourth-order valence-corrected chi connectivity index (χ4v) is 1.68. The molecule has 19 heavy (non-hydrogen) atoms. The lowest BCUT2D eigenvalue weighted by Crippen LogP contribution is -2.17. The van der Waals surface area contributed by atoms with E-state index in [1.165, 1.54) is 12.3 Å². The third-order valence-electron chi connectivity index (χ3n) is 2.71. The van der Waals surface area contributed by atoms with Crippen LogP contribution in [0.5, 0.6) is 0 Å². The van der Waals surface area contributed by atoms with E-state index in [0.29, 0.717) is 17.1 Å². The second kappa shape index (κ2) is 5.34. The van der Waals surface area contributed by atoms with Crippen LogP contribution in [0.3, 0.4) is 0 Å². The third-order valence-corrected chi connectivity index (χ3v) is 2.71. The zero-order valence-corrected chi connectivity index (χ0v) is 10.3. The van der Waals surface area contributed by atoms with Crippen molar-refractivity contribution in [3.63, 3.8) is 0 Å². The quantitative estimate of drug-likeness (QED) is 0.383. The monoisotopic (exact) mass is 260 g/mol. The van der Waals surface area contributed by atoms with Gasteiger partial charge in [0.25, 0.3) is 0 Å². The molecule has 0 saturated carbocycles. The van der Waals surface area contributed by atoms with Gasteiger partial charge in [0.15, 0.2) is 5.84 Å². The van der Waals surface area contributed by atoms with E-state index in [2.05, 4.69) is 10.1 Å². The molecule has 5 nitrogen and oxygen atoms in total. The first-order valence-electron chi connectivity index (χ1n) is 5.55. The van der Waals surface area contributed by atoms with E-state index < -0.39 is 0 Å². The van der Waals surface area contributed by atoms with Crippen LogP contribution in [0.15, 0.2) is 47.8 Å². The number of anilines is 2. The average Bonchev–Trinajstić information content (AvgIpc) is 2.46. The lowest BCUT2D eigenvalue weighted by Gasteiger charge is -2.20. The average molecular weight is 260 g/mol. The van der Waals surface area contributed by atoms with Gasteiger partial charge < -0.3 is 15.8 Å². The molecule has 2 aromatic rings. The Hall–Kier alpha value is -2.63. The summed E-state index contributed by atoms with van der Waals surface area (Å²) in [5, 5.41) is 11.5. The highest BCUT2D eigenvalue weighted by molar-refractivity contribution is 5.96. The number of pyridine rings is 1. The number of halogens is 1. The Morgan fingerprint density at radius 3 is 2.79 bits per heavy atom. The molecule has 0 spiro atoms. The first-order chi connectivity index (χ1) is 9.13. The molecular weight excluding hydrogens is 247 g/mol. The summed E-state index contributed by atoms with van der Waals surface area (Å²) in [6, 6.07) is 9.75. The summed E-state index contributed by atoms with van der Waals surface area (Å²) in [5.74, 6) is -0.420. The molecule has 3 N–H and O–H groups in total. The molecule has 1 aromatic heterocycles. The standard InChI is InChI=1S/C13H13FN4O/c1-18(12-5-3-2-4-10(12)14)9-6-7-16-11(8-9)13(15)17-19/h2-8,19H,1H3,(H2,15,17). The van der Waals surface area contributed by atoms with E-state index in [-0.39, 0.29) is 11.7 Å². The molecule has 0 fully saturated rings. The fraction of sp³-hybridized carbons (Fsp3) is 0.0769. The van der Waals surface area contributed by atoms with Crippen molar-refractivity contribution >= 4 is 17.2 Å². The number of rotatable bonds is 3. The summed E-state index contributed by atoms with van der Waals surface area (Å²) in [6.07, 6.45) is 1.51. The van der Waals surface area contributed by atoms with Crippen LogP contribution in [0.2, 0.25) is 0 Å². The van der Waals surface area contributed by atoms with Gasteiger partial charge >= 0.3 is 0 Å². The molecule has 0 unspecified atom stereocenters. The number of benzene rings is 1. The number of para-hydroxylation sites is 1. The number of nitrogens with zero attached hydrogens (tertiary/aromatic N) is 3. The molecule has 98 valence electrons. The Kier molecular flexibility index (Phi) is 3.61. The zero-order chi connectivity index (χ0) is 13.8. The predicted molar refractivity (Wildman–Crippen MR) is 71.2 cm³/mol. The van der Waals surface area contributed by atoms with Crippen LogP contribution < -0.4 is 10.6 Å². The van der Waals surface area contributed by atoms with Crippen molar-refractivity contribution in [2.24, 2.45) is 10.9 Å². The molecule has 0 atom stereocenters. The normalized spacial score (nSPS) is 11.4. The van der Waals surface area contributed by atoms with Gasteiger partial charge in [-0.25, -0.2) is 4.39 Å². The molecule has 0 amide bonds. The highest BCUT2D eigenvalue weighted by atomic mass is 19.1. The van der Waals surface area contributed by atoms with Crippen molar-refractivity contribution in [3.05, 3.63) is 54.1 Å². The number of hydrogen-bond acceptors (Lipinski definition) is 4. The number of nitrogens with two attached hydrogens (primary N) is 1. The van der Waals surface area contributed by atoms with Gasteiger partial charge in [-0.15, -0.1) is 0 Å². The number of aromatic nitrogens is 1. The van der Waals surface area contributed by atoms with Crippen molar-refractivity contribution in [2.75, 3.05) is 11.9 Å². The van der Waals surface area contributed by atoms with Gasteiger partial charge in [-0.1, -0.05) is 17.3 Å². The van der Waals surface area contributed by atoms with Crippen LogP contribution in [0.25, 0.3) is 0 Å². The van der Waals surface area contributed by atoms with Crippen molar-refractivity contribution < 1.29 is 9.60 Å². The van der Waals surface area contributed by atoms with Crippen molar-refractivity contribution in [3.8, 4) is 0 Å². The molecule has 0 aliphatic rings. The summed E-state index contributed by atoms with van der Waals surface area (Å²) >= 11 is 0. The smallest absolute Gasteiger partial charge is 0.188 e. The number of amidine groups is 1. The van der Waals surface area contributed by atoms with Gasteiger partial charge in [-0.3, -0.25) is 4.98 Å². The highest BCUT2D eigenvalue weighted by Crippen LogP contribution is 2.25. The van der Waals surface area contributed by atoms with Crippen molar-refractivity contribution in [2.45, 2.75) is 0 Å². The maximum Gasteiger partial charge on any atom is 0.188 e. The van der Waals surface area contributed by atoms with E-state index in [9.17, 15) is 4.39 Å². The number of oxime groups is 1. The Bertz CT molecular complexity index is 615. The maximum absolute atomic E-state index is 13.7. The molecule has 0 saturated heterocycles. The summed E-state index contributed by atoms with van der Waals surface area (Å²) in [7, 11) is 1.73. The second-order valence-electron chi connectivity index (χ2n) is 3.89. The van der Waals surface area contributed by atoms with Crippen LogP contribution in [-0.2, 0) is 0 Å². The SMILES string of the molecule is CN(c1ccnc(/C(N)=N/O)c1)c1ccccc1F. The summed E-state index contributed by atoms with van der Waals surface area (Å²) < 4.78 is 13.7. The first kappa shape index (κ1) is 12.8. The molecule has 6 heteroatoms. The van der Waals surface area contributed by atoms with Crippen molar-refractivity contribution in [1.82, 2.24) is 4.98 Å². The first-order valence-corrected chi connectivity index (χ1v) is 5.55. The molecule has 2 rings (SSSR count). The lowest BCUT2D eigenvalue weighted by atomic mass is 10.2. The fourth-order valence-electron chi connectivity index (χ4n) is 1.68. The number of hydrogen-bond donors (Lipinski definition) is 2. The van der Waals surface area contributed by atoms with Gasteiger partial charge in [-0.2, -0.15) is 0 Å². The molecule has 0 aliphatic heterocycles. The van der Waals surface area contributed by atoms with Crippen molar-refractivity contribution in [1.29, 1.82) is 0 Å². The molecular formula is C13H13FN4O. The van der Waals surface area contributed by atoms with Crippen LogP contribution >= 0.6 is 0 Å². The van der Waals surface area contributed by atoms with E-state index in [0.717, 1.165) is 0 Å². The van der Waals surface area contributed by atoms with Gasteiger partial charge in [-0.05, 0) is 24.3 Å². The van der Waals surface area contributed by atoms with Gasteiger partial charge in [0.2, 0.25) is 0 Å². The van der Waals surface area contributed by atoms with E-state index in [1.54, 1.807) is 42.3 Å². The molecule has 1 aromatic carbocycles. The Labute approximate surface area is 109 Å². The Balaban J connectivity index is 2.40. The summed E-state index contributed by atoms with van der Waals surface area (Å²) in [4.78, 5) is 5.63. The molecule has 0 aliphatic carbocycles. The summed E-state index contributed by atoms with van der Waals surface area (Å²) in [6.45, 7) is 0. The minimum absolute atomic E-state index is 0.0937. The Morgan fingerprint density at radius 2 is 2.11 bits per heavy atom.